The van der Waals surface area contributed by atoms with Gasteiger partial charge in [-0.05, 0) is 45.7 Å². The number of hydrogen-bond acceptors (Lipinski definition) is 4. The van der Waals surface area contributed by atoms with Crippen LogP contribution in [-0.4, -0.2) is 31.1 Å². The molecule has 0 bridgehead atoms. The molecule has 0 radical (unpaired) electrons. The molecule has 4 heteroatoms. The summed E-state index contributed by atoms with van der Waals surface area (Å²) in [5.74, 6) is 1.71. The molecule has 0 saturated carbocycles. The zero-order valence-corrected chi connectivity index (χ0v) is 13.6. The van der Waals surface area contributed by atoms with Crippen molar-refractivity contribution in [1.29, 1.82) is 0 Å². The van der Waals surface area contributed by atoms with E-state index in [1.807, 2.05) is 6.08 Å². The van der Waals surface area contributed by atoms with Gasteiger partial charge in [-0.25, -0.2) is 4.99 Å². The third kappa shape index (κ3) is 2.78. The molecule has 0 amide bonds. The largest absolute Gasteiger partial charge is 0.453 e. The van der Waals surface area contributed by atoms with Gasteiger partial charge in [0.2, 0.25) is 0 Å². The molecular formula is C18H23N3O. The Labute approximate surface area is 132 Å². The average Bonchev–Trinajstić information content (AvgIpc) is 2.54. The van der Waals surface area contributed by atoms with E-state index >= 15 is 0 Å². The van der Waals surface area contributed by atoms with Crippen LogP contribution in [-0.2, 0) is 0 Å². The second-order valence-corrected chi connectivity index (χ2v) is 5.46. The third-order valence-corrected chi connectivity index (χ3v) is 4.11. The first-order chi connectivity index (χ1) is 10.7. The van der Waals surface area contributed by atoms with Gasteiger partial charge >= 0.3 is 0 Å². The number of nitrogens with zero attached hydrogens (tertiary/aromatic N) is 3. The molecule has 2 aliphatic rings. The molecule has 0 N–H and O–H groups in total. The van der Waals surface area contributed by atoms with Gasteiger partial charge in [-0.1, -0.05) is 0 Å². The van der Waals surface area contributed by atoms with Crippen LogP contribution in [0.25, 0.3) is 0 Å². The molecule has 0 aromatic heterocycles. The van der Waals surface area contributed by atoms with E-state index in [0.717, 1.165) is 61.1 Å². The summed E-state index contributed by atoms with van der Waals surface area (Å²) in [5.41, 5.74) is 4.26. The molecule has 22 heavy (non-hydrogen) atoms. The van der Waals surface area contributed by atoms with E-state index < -0.39 is 0 Å². The van der Waals surface area contributed by atoms with Gasteiger partial charge in [0.1, 0.15) is 5.69 Å². The van der Waals surface area contributed by atoms with Crippen LogP contribution in [0.1, 0.15) is 33.6 Å². The molecule has 1 heterocycles. The van der Waals surface area contributed by atoms with Crippen molar-refractivity contribution in [3.05, 3.63) is 30.0 Å². The van der Waals surface area contributed by atoms with Crippen LogP contribution in [0, 0.1) is 0 Å². The van der Waals surface area contributed by atoms with Crippen molar-refractivity contribution >= 4 is 22.8 Å². The van der Waals surface area contributed by atoms with Crippen molar-refractivity contribution in [3.8, 4) is 5.75 Å². The lowest BCUT2D eigenvalue weighted by atomic mass is 10.0. The summed E-state index contributed by atoms with van der Waals surface area (Å²) < 4.78 is 6.12. The van der Waals surface area contributed by atoms with Gasteiger partial charge in [0.25, 0.3) is 0 Å². The lowest BCUT2D eigenvalue weighted by Crippen LogP contribution is -2.23. The van der Waals surface area contributed by atoms with Crippen LogP contribution < -0.4 is 9.64 Å². The summed E-state index contributed by atoms with van der Waals surface area (Å²) in [5, 5.41) is 0. The number of fused-ring (bicyclic) bond motifs is 2. The monoisotopic (exact) mass is 297 g/mol. The number of ether oxygens (including phenoxy) is 1. The maximum Gasteiger partial charge on any atom is 0.155 e. The van der Waals surface area contributed by atoms with Crippen molar-refractivity contribution in [2.24, 2.45) is 9.98 Å². The molecule has 116 valence electrons. The van der Waals surface area contributed by atoms with Gasteiger partial charge in [0.15, 0.2) is 11.5 Å². The smallest absolute Gasteiger partial charge is 0.155 e. The topological polar surface area (TPSA) is 37.2 Å². The Hall–Kier alpha value is -2.10. The SMILES string of the molecule is CC/N=C1\C=C2Oc3cc(N(CC)CC)ccc3N=C2CC1. The summed E-state index contributed by atoms with van der Waals surface area (Å²) in [6.07, 6.45) is 3.90. The minimum absolute atomic E-state index is 0.814. The van der Waals surface area contributed by atoms with E-state index in [9.17, 15) is 0 Å². The molecule has 3 rings (SSSR count). The molecule has 1 aliphatic heterocycles. The number of allylic oxidation sites excluding steroid dienone is 2. The highest BCUT2D eigenvalue weighted by Gasteiger charge is 2.23. The maximum atomic E-state index is 6.12. The van der Waals surface area contributed by atoms with E-state index in [2.05, 4.69) is 48.9 Å². The lowest BCUT2D eigenvalue weighted by Gasteiger charge is -2.26. The van der Waals surface area contributed by atoms with Gasteiger partial charge < -0.3 is 9.64 Å². The molecule has 0 atom stereocenters. The Morgan fingerprint density at radius 1 is 1.18 bits per heavy atom. The first-order valence-corrected chi connectivity index (χ1v) is 8.15. The molecule has 4 nitrogen and oxygen atoms in total. The number of rotatable bonds is 4. The van der Waals surface area contributed by atoms with Crippen LogP contribution in [0.5, 0.6) is 5.75 Å². The van der Waals surface area contributed by atoms with Crippen LogP contribution in [0.2, 0.25) is 0 Å². The van der Waals surface area contributed by atoms with Crippen LogP contribution in [0.4, 0.5) is 11.4 Å². The Bertz CT molecular complexity index is 654. The van der Waals surface area contributed by atoms with Crippen molar-refractivity contribution < 1.29 is 4.74 Å². The molecule has 0 unspecified atom stereocenters. The van der Waals surface area contributed by atoms with Crippen LogP contribution in [0.3, 0.4) is 0 Å². The Morgan fingerprint density at radius 3 is 2.73 bits per heavy atom. The highest BCUT2D eigenvalue weighted by Crippen LogP contribution is 2.38. The summed E-state index contributed by atoms with van der Waals surface area (Å²) in [6.45, 7) is 9.17. The molecule has 0 spiro atoms. The van der Waals surface area contributed by atoms with E-state index in [4.69, 9.17) is 9.73 Å². The van der Waals surface area contributed by atoms with Crippen molar-refractivity contribution in [3.63, 3.8) is 0 Å². The number of anilines is 1. The third-order valence-electron chi connectivity index (χ3n) is 4.11. The first kappa shape index (κ1) is 14.8. The van der Waals surface area contributed by atoms with Crippen LogP contribution in [0.15, 0.2) is 40.0 Å². The zero-order valence-electron chi connectivity index (χ0n) is 13.6. The fourth-order valence-electron chi connectivity index (χ4n) is 2.93. The zero-order chi connectivity index (χ0) is 15.5. The molecule has 1 aromatic carbocycles. The van der Waals surface area contributed by atoms with Crippen molar-refractivity contribution in [2.45, 2.75) is 33.6 Å². The highest BCUT2D eigenvalue weighted by atomic mass is 16.5. The quantitative estimate of drug-likeness (QED) is 0.837. The standard InChI is InChI=1S/C18H23N3O/c1-4-19-13-7-9-15-17(11-13)22-18-12-14(21(5-2)6-3)8-10-16(18)20-15/h8,10-12H,4-7,9H2,1-3H3/b19-13-. The van der Waals surface area contributed by atoms with Gasteiger partial charge in [-0.15, -0.1) is 0 Å². The van der Waals surface area contributed by atoms with E-state index in [1.165, 1.54) is 5.69 Å². The molecule has 1 aliphatic carbocycles. The predicted molar refractivity (Wildman–Crippen MR) is 93.0 cm³/mol. The summed E-state index contributed by atoms with van der Waals surface area (Å²) >= 11 is 0. The average molecular weight is 297 g/mol. The van der Waals surface area contributed by atoms with E-state index in [-0.39, 0.29) is 0 Å². The Kier molecular flexibility index (Phi) is 4.27. The van der Waals surface area contributed by atoms with Crippen molar-refractivity contribution in [1.82, 2.24) is 0 Å². The predicted octanol–water partition coefficient (Wildman–Crippen LogP) is 4.14. The molecule has 0 saturated heterocycles. The van der Waals surface area contributed by atoms with E-state index in [1.54, 1.807) is 0 Å². The van der Waals surface area contributed by atoms with Crippen LogP contribution >= 0.6 is 0 Å². The van der Waals surface area contributed by atoms with Gasteiger partial charge in [-0.2, -0.15) is 0 Å². The van der Waals surface area contributed by atoms with E-state index in [0.29, 0.717) is 0 Å². The fourth-order valence-corrected chi connectivity index (χ4v) is 2.93. The van der Waals surface area contributed by atoms with Crippen molar-refractivity contribution in [2.75, 3.05) is 24.5 Å². The normalized spacial score (nSPS) is 18.0. The number of benzene rings is 1. The first-order valence-electron chi connectivity index (χ1n) is 8.15. The Balaban J connectivity index is 1.94. The summed E-state index contributed by atoms with van der Waals surface area (Å²) in [7, 11) is 0. The second kappa shape index (κ2) is 6.34. The second-order valence-electron chi connectivity index (χ2n) is 5.46. The molecular weight excluding hydrogens is 274 g/mol. The lowest BCUT2D eigenvalue weighted by molar-refractivity contribution is 0.447. The number of hydrogen-bond donors (Lipinski definition) is 0. The van der Waals surface area contributed by atoms with Gasteiger partial charge in [0.05, 0.1) is 5.71 Å². The minimum Gasteiger partial charge on any atom is -0.453 e. The maximum absolute atomic E-state index is 6.12. The minimum atomic E-state index is 0.814. The summed E-state index contributed by atoms with van der Waals surface area (Å²) in [6, 6.07) is 6.28. The van der Waals surface area contributed by atoms with Gasteiger partial charge in [0, 0.05) is 43.2 Å². The molecule has 1 aromatic rings. The Morgan fingerprint density at radius 2 is 2.00 bits per heavy atom. The molecule has 0 fully saturated rings. The highest BCUT2D eigenvalue weighted by molar-refractivity contribution is 6.13. The number of aliphatic imine (C=N–C) groups is 2. The summed E-state index contributed by atoms with van der Waals surface area (Å²) in [4.78, 5) is 11.6. The fraction of sp³-hybridized carbons (Fsp3) is 0.444. The van der Waals surface area contributed by atoms with Gasteiger partial charge in [-0.3, -0.25) is 4.99 Å².